The van der Waals surface area contributed by atoms with Gasteiger partial charge in [-0.15, -0.1) is 0 Å². The quantitative estimate of drug-likeness (QED) is 0.291. The molecule has 0 aromatic heterocycles. The molecule has 3 rings (SSSR count). The molecule has 2 nitrogen and oxygen atoms in total. The van der Waals surface area contributed by atoms with Crippen molar-refractivity contribution < 1.29 is 9.59 Å². The minimum absolute atomic E-state index is 0.0312. The Morgan fingerprint density at radius 3 is 1.41 bits per heavy atom. The van der Waals surface area contributed by atoms with Crippen LogP contribution < -0.4 is 16.4 Å². The van der Waals surface area contributed by atoms with Crippen LogP contribution in [-0.4, -0.2) is 18.3 Å². The highest BCUT2D eigenvalue weighted by molar-refractivity contribution is 6.96. The molecule has 0 aliphatic carbocycles. The summed E-state index contributed by atoms with van der Waals surface area (Å²) in [5, 5.41) is 0. The van der Waals surface area contributed by atoms with Gasteiger partial charge in [-0.25, -0.2) is 0 Å². The molecule has 0 amide bonds. The molecule has 3 aromatic rings. The topological polar surface area (TPSA) is 34.1 Å². The van der Waals surface area contributed by atoms with Crippen LogP contribution in [0.25, 0.3) is 0 Å². The zero-order chi connectivity index (χ0) is 25.4. The van der Waals surface area contributed by atoms with Crippen molar-refractivity contribution in [3.8, 4) is 0 Å². The van der Waals surface area contributed by atoms with Crippen molar-refractivity contribution in [3.05, 3.63) is 87.5 Å². The molecule has 0 unspecified atom stereocenters. The summed E-state index contributed by atoms with van der Waals surface area (Å²) in [4.78, 5) is 25.2. The Hall–Kier alpha value is -2.94. The maximum atomic E-state index is 12.8. The molecule has 0 heterocycles. The SMILES string of the molecule is Cc1cc(C)c(B(c2ccc(C(=O)CC(=O)C(C)(C)C)cc2)c2c(C)cc(C)cc2C)c(C)c1. The van der Waals surface area contributed by atoms with Crippen LogP contribution in [0, 0.1) is 47.0 Å². The Kier molecular flexibility index (Phi) is 7.36. The summed E-state index contributed by atoms with van der Waals surface area (Å²) in [7, 11) is 0. The summed E-state index contributed by atoms with van der Waals surface area (Å²) < 4.78 is 0. The van der Waals surface area contributed by atoms with E-state index in [2.05, 4.69) is 77.9 Å². The van der Waals surface area contributed by atoms with E-state index >= 15 is 0 Å². The lowest BCUT2D eigenvalue weighted by Crippen LogP contribution is -2.55. The fourth-order valence-electron chi connectivity index (χ4n) is 5.15. The van der Waals surface area contributed by atoms with E-state index in [1.165, 1.54) is 44.3 Å². The van der Waals surface area contributed by atoms with Crippen LogP contribution in [0.15, 0.2) is 48.5 Å². The van der Waals surface area contributed by atoms with Crippen molar-refractivity contribution >= 4 is 34.7 Å². The van der Waals surface area contributed by atoms with Gasteiger partial charge in [-0.05, 0) is 41.5 Å². The molecular formula is C31H37BO2. The van der Waals surface area contributed by atoms with E-state index in [9.17, 15) is 9.59 Å². The number of ketones is 2. The monoisotopic (exact) mass is 452 g/mol. The van der Waals surface area contributed by atoms with E-state index < -0.39 is 5.41 Å². The van der Waals surface area contributed by atoms with Gasteiger partial charge < -0.3 is 0 Å². The van der Waals surface area contributed by atoms with Gasteiger partial charge in [0.1, 0.15) is 5.78 Å². The van der Waals surface area contributed by atoms with E-state index in [1.807, 2.05) is 32.9 Å². The highest BCUT2D eigenvalue weighted by Crippen LogP contribution is 2.19. The van der Waals surface area contributed by atoms with Gasteiger partial charge in [0, 0.05) is 11.0 Å². The largest absolute Gasteiger partial charge is 0.299 e. The fourth-order valence-corrected chi connectivity index (χ4v) is 5.15. The predicted octanol–water partition coefficient (Wildman–Crippen LogP) is 5.24. The minimum atomic E-state index is -0.512. The highest BCUT2D eigenvalue weighted by Gasteiger charge is 2.29. The van der Waals surface area contributed by atoms with Crippen molar-refractivity contribution in [2.24, 2.45) is 5.41 Å². The Morgan fingerprint density at radius 1 is 0.676 bits per heavy atom. The summed E-state index contributed by atoms with van der Waals surface area (Å²) in [6, 6.07) is 16.9. The summed E-state index contributed by atoms with van der Waals surface area (Å²) >= 11 is 0. The number of carbonyl (C=O) groups is 2. The fraction of sp³-hybridized carbons (Fsp3) is 0.355. The first-order valence-electron chi connectivity index (χ1n) is 12.1. The van der Waals surface area contributed by atoms with E-state index in [1.54, 1.807) is 0 Å². The molecule has 34 heavy (non-hydrogen) atoms. The molecule has 0 spiro atoms. The third-order valence-corrected chi connectivity index (χ3v) is 6.78. The molecule has 176 valence electrons. The third-order valence-electron chi connectivity index (χ3n) is 6.78. The summed E-state index contributed by atoms with van der Waals surface area (Å²) in [5.41, 5.74) is 11.5. The van der Waals surface area contributed by atoms with Gasteiger partial charge in [-0.3, -0.25) is 9.59 Å². The average molecular weight is 452 g/mol. The molecule has 3 aromatic carbocycles. The van der Waals surface area contributed by atoms with Crippen molar-refractivity contribution in [2.75, 3.05) is 0 Å². The second-order valence-corrected chi connectivity index (χ2v) is 11.0. The average Bonchev–Trinajstić information content (AvgIpc) is 2.70. The first-order chi connectivity index (χ1) is 15.8. The van der Waals surface area contributed by atoms with Crippen LogP contribution in [0.4, 0.5) is 0 Å². The van der Waals surface area contributed by atoms with Crippen LogP contribution in [0.5, 0.6) is 0 Å². The maximum absolute atomic E-state index is 12.8. The highest BCUT2D eigenvalue weighted by atomic mass is 16.1. The summed E-state index contributed by atoms with van der Waals surface area (Å²) in [6.07, 6.45) is -0.0569. The Bertz CT molecular complexity index is 1140. The van der Waals surface area contributed by atoms with Gasteiger partial charge in [0.05, 0.1) is 6.42 Å². The Labute approximate surface area is 205 Å². The standard InChI is InChI=1S/C31H37BO2/c1-19-14-21(3)29(22(4)15-19)32(30-23(5)16-20(2)17-24(30)6)26-12-10-25(11-13-26)27(33)18-28(34)31(7,8)9/h10-17H,18H2,1-9H3. The zero-order valence-electron chi connectivity index (χ0n) is 22.2. The predicted molar refractivity (Wildman–Crippen MR) is 146 cm³/mol. The van der Waals surface area contributed by atoms with E-state index in [-0.39, 0.29) is 24.7 Å². The number of Topliss-reactive ketones (excluding diaryl/α,β-unsaturated/α-hetero) is 2. The normalized spacial score (nSPS) is 11.4. The molecule has 3 heteroatoms. The Balaban J connectivity index is 2.12. The van der Waals surface area contributed by atoms with Crippen LogP contribution in [-0.2, 0) is 4.79 Å². The molecule has 0 aliphatic rings. The summed E-state index contributed by atoms with van der Waals surface area (Å²) in [6.45, 7) is 18.7. The van der Waals surface area contributed by atoms with Crippen LogP contribution in [0.2, 0.25) is 0 Å². The molecule has 0 saturated carbocycles. The van der Waals surface area contributed by atoms with Gasteiger partial charge in [0.15, 0.2) is 5.78 Å². The van der Waals surface area contributed by atoms with E-state index in [0.717, 1.165) is 5.46 Å². The molecule has 0 radical (unpaired) electrons. The van der Waals surface area contributed by atoms with Crippen molar-refractivity contribution in [2.45, 2.75) is 68.7 Å². The number of benzene rings is 3. The lowest BCUT2D eigenvalue weighted by molar-refractivity contribution is -0.125. The first kappa shape index (κ1) is 25.7. The van der Waals surface area contributed by atoms with Crippen molar-refractivity contribution in [3.63, 3.8) is 0 Å². The number of hydrogen-bond donors (Lipinski definition) is 0. The zero-order valence-corrected chi connectivity index (χ0v) is 22.2. The van der Waals surface area contributed by atoms with Gasteiger partial charge in [0.2, 0.25) is 6.71 Å². The Morgan fingerprint density at radius 2 is 1.06 bits per heavy atom. The van der Waals surface area contributed by atoms with Gasteiger partial charge in [-0.2, -0.15) is 0 Å². The van der Waals surface area contributed by atoms with Crippen molar-refractivity contribution in [1.82, 2.24) is 0 Å². The number of aryl methyl sites for hydroxylation is 6. The van der Waals surface area contributed by atoms with Crippen molar-refractivity contribution in [1.29, 1.82) is 0 Å². The lowest BCUT2D eigenvalue weighted by atomic mass is 9.34. The molecule has 0 fully saturated rings. The lowest BCUT2D eigenvalue weighted by Gasteiger charge is -2.24. The molecule has 0 atom stereocenters. The summed E-state index contributed by atoms with van der Waals surface area (Å²) in [5.74, 6) is -0.148. The molecule has 0 saturated heterocycles. The van der Waals surface area contributed by atoms with E-state index in [0.29, 0.717) is 5.56 Å². The number of rotatable bonds is 6. The maximum Gasteiger partial charge on any atom is 0.242 e. The molecule has 0 aliphatic heterocycles. The van der Waals surface area contributed by atoms with Crippen LogP contribution >= 0.6 is 0 Å². The van der Waals surface area contributed by atoms with Crippen LogP contribution in [0.1, 0.15) is 70.9 Å². The van der Waals surface area contributed by atoms with Gasteiger partial charge in [0.25, 0.3) is 0 Å². The third kappa shape index (κ3) is 5.41. The smallest absolute Gasteiger partial charge is 0.242 e. The van der Waals surface area contributed by atoms with E-state index in [4.69, 9.17) is 0 Å². The van der Waals surface area contributed by atoms with Gasteiger partial charge in [-0.1, -0.05) is 119 Å². The second-order valence-electron chi connectivity index (χ2n) is 11.0. The molecule has 0 bridgehead atoms. The number of hydrogen-bond acceptors (Lipinski definition) is 2. The minimum Gasteiger partial charge on any atom is -0.299 e. The molecule has 0 N–H and O–H groups in total. The number of carbonyl (C=O) groups excluding carboxylic acids is 2. The molecular weight excluding hydrogens is 415 g/mol. The second kappa shape index (κ2) is 9.74. The van der Waals surface area contributed by atoms with Crippen LogP contribution in [0.3, 0.4) is 0 Å². The first-order valence-corrected chi connectivity index (χ1v) is 12.1. The van der Waals surface area contributed by atoms with Gasteiger partial charge >= 0.3 is 0 Å².